The van der Waals surface area contributed by atoms with Gasteiger partial charge in [-0.15, -0.1) is 0 Å². The summed E-state index contributed by atoms with van der Waals surface area (Å²) in [5.74, 6) is -1.96. The summed E-state index contributed by atoms with van der Waals surface area (Å²) in [7, 11) is 0. The first-order chi connectivity index (χ1) is 12.9. The lowest BCUT2D eigenvalue weighted by atomic mass is 9.94. The van der Waals surface area contributed by atoms with E-state index in [1.54, 1.807) is 4.90 Å². The van der Waals surface area contributed by atoms with Gasteiger partial charge in [-0.2, -0.15) is 0 Å². The van der Waals surface area contributed by atoms with E-state index < -0.39 is 24.0 Å². The molecule has 1 amide bonds. The molecule has 0 bridgehead atoms. The highest BCUT2D eigenvalue weighted by atomic mass is 16.4. The third-order valence-electron chi connectivity index (χ3n) is 5.10. The van der Waals surface area contributed by atoms with Crippen LogP contribution in [0.5, 0.6) is 0 Å². The number of likely N-dealkylation sites (tertiary alicyclic amines) is 1. The first kappa shape index (κ1) is 21.1. The van der Waals surface area contributed by atoms with Crippen LogP contribution in [0.15, 0.2) is 30.3 Å². The first-order valence-electron chi connectivity index (χ1n) is 9.48. The second-order valence-corrected chi connectivity index (χ2v) is 7.10. The maximum Gasteiger partial charge on any atom is 0.304 e. The van der Waals surface area contributed by atoms with Crippen molar-refractivity contribution >= 4 is 17.7 Å². The fraction of sp³-hybridized carbons (Fsp3) is 0.550. The van der Waals surface area contributed by atoms with Crippen molar-refractivity contribution in [1.82, 2.24) is 4.90 Å². The van der Waals surface area contributed by atoms with Gasteiger partial charge in [0.2, 0.25) is 5.91 Å². The number of Topliss-reactive ketones (excluding diaryl/α,β-unsaturated/α-hetero) is 1. The maximum absolute atomic E-state index is 12.7. The summed E-state index contributed by atoms with van der Waals surface area (Å²) < 4.78 is 0. The number of ketones is 1. The Hall–Kier alpha value is -2.25. The predicted molar refractivity (Wildman–Crippen MR) is 102 cm³/mol. The first-order valence-corrected chi connectivity index (χ1v) is 9.48. The Bertz CT molecular complexity index is 650. The quantitative estimate of drug-likeness (QED) is 0.528. The van der Waals surface area contributed by atoms with Crippen molar-refractivity contribution < 1.29 is 19.5 Å². The largest absolute Gasteiger partial charge is 0.481 e. The number of hydrogen-bond donors (Lipinski definition) is 3. The molecule has 1 fully saturated rings. The number of nitrogens with zero attached hydrogens (tertiary/aromatic N) is 1. The van der Waals surface area contributed by atoms with Gasteiger partial charge in [0.1, 0.15) is 0 Å². The van der Waals surface area contributed by atoms with Crippen molar-refractivity contribution in [3.8, 4) is 0 Å². The van der Waals surface area contributed by atoms with Crippen molar-refractivity contribution in [1.29, 1.82) is 0 Å². The Balaban J connectivity index is 2.04. The Morgan fingerprint density at radius 1 is 1.22 bits per heavy atom. The molecule has 7 heteroatoms. The van der Waals surface area contributed by atoms with Crippen molar-refractivity contribution in [2.45, 2.75) is 50.6 Å². The van der Waals surface area contributed by atoms with Gasteiger partial charge in [0.15, 0.2) is 5.78 Å². The average Bonchev–Trinajstić information content (AvgIpc) is 2.95. The van der Waals surface area contributed by atoms with E-state index in [1.165, 1.54) is 5.56 Å². The van der Waals surface area contributed by atoms with Gasteiger partial charge in [0.25, 0.3) is 0 Å². The number of carbonyl (C=O) groups is 3. The molecule has 7 nitrogen and oxygen atoms in total. The van der Waals surface area contributed by atoms with Crippen LogP contribution in [0.25, 0.3) is 0 Å². The van der Waals surface area contributed by atoms with Gasteiger partial charge in [-0.3, -0.25) is 14.4 Å². The molecule has 0 aromatic heterocycles. The Morgan fingerprint density at radius 2 is 1.93 bits per heavy atom. The van der Waals surface area contributed by atoms with Gasteiger partial charge >= 0.3 is 5.97 Å². The summed E-state index contributed by atoms with van der Waals surface area (Å²) in [6, 6.07) is 8.70. The molecular weight excluding hydrogens is 346 g/mol. The number of amides is 1. The van der Waals surface area contributed by atoms with Crippen LogP contribution in [0, 0.1) is 5.92 Å². The van der Waals surface area contributed by atoms with Gasteiger partial charge in [0, 0.05) is 13.0 Å². The molecule has 0 spiro atoms. The molecule has 3 atom stereocenters. The minimum absolute atomic E-state index is 0.123. The van der Waals surface area contributed by atoms with E-state index in [0.717, 1.165) is 12.8 Å². The minimum Gasteiger partial charge on any atom is -0.481 e. The zero-order valence-electron chi connectivity index (χ0n) is 15.5. The zero-order valence-corrected chi connectivity index (χ0v) is 15.5. The number of aryl methyl sites for hydroxylation is 1. The van der Waals surface area contributed by atoms with E-state index in [-0.39, 0.29) is 24.5 Å². The van der Waals surface area contributed by atoms with Crippen LogP contribution in [0.2, 0.25) is 0 Å². The standard InChI is InChI=1S/C20H29N3O4/c21-10-4-9-17(24)19(22)16-12-15(13-18(25)26)20(27)23(16)11-5-8-14-6-2-1-3-7-14/h1-3,6-7,15-16,19H,4-5,8-13,21-22H2,(H,25,26)/t15-,16-,19?/m0/s1. The molecule has 1 aliphatic heterocycles. The average molecular weight is 375 g/mol. The number of aliphatic carboxylic acids is 1. The second-order valence-electron chi connectivity index (χ2n) is 7.10. The molecule has 5 N–H and O–H groups in total. The molecule has 1 aliphatic rings. The van der Waals surface area contributed by atoms with E-state index in [2.05, 4.69) is 0 Å². The molecular formula is C20H29N3O4. The molecule has 1 unspecified atom stereocenters. The molecule has 1 heterocycles. The summed E-state index contributed by atoms with van der Waals surface area (Å²) >= 11 is 0. The third-order valence-corrected chi connectivity index (χ3v) is 5.10. The molecule has 2 rings (SSSR count). The molecule has 148 valence electrons. The maximum atomic E-state index is 12.7. The van der Waals surface area contributed by atoms with E-state index in [4.69, 9.17) is 16.6 Å². The monoisotopic (exact) mass is 375 g/mol. The summed E-state index contributed by atoms with van der Waals surface area (Å²) in [6.45, 7) is 0.872. The van der Waals surface area contributed by atoms with Gasteiger partial charge in [-0.1, -0.05) is 30.3 Å². The number of carboxylic acids is 1. The highest BCUT2D eigenvalue weighted by Crippen LogP contribution is 2.30. The Labute approximate surface area is 159 Å². The van der Waals surface area contributed by atoms with E-state index in [9.17, 15) is 14.4 Å². The van der Waals surface area contributed by atoms with Crippen LogP contribution < -0.4 is 11.5 Å². The number of nitrogens with two attached hydrogens (primary N) is 2. The predicted octanol–water partition coefficient (Wildman–Crippen LogP) is 0.946. The van der Waals surface area contributed by atoms with Crippen LogP contribution in [0.4, 0.5) is 0 Å². The molecule has 0 radical (unpaired) electrons. The SMILES string of the molecule is NCCCC(=O)C(N)[C@@H]1C[C@@H](CC(=O)O)C(=O)N1CCCc1ccccc1. The van der Waals surface area contributed by atoms with Gasteiger partial charge in [-0.05, 0) is 37.8 Å². The van der Waals surface area contributed by atoms with Crippen LogP contribution in [-0.4, -0.2) is 52.8 Å². The van der Waals surface area contributed by atoms with Crippen LogP contribution >= 0.6 is 0 Å². The number of benzene rings is 1. The van der Waals surface area contributed by atoms with Crippen molar-refractivity contribution in [3.63, 3.8) is 0 Å². The van der Waals surface area contributed by atoms with E-state index >= 15 is 0 Å². The minimum atomic E-state index is -1.01. The van der Waals surface area contributed by atoms with E-state index in [1.807, 2.05) is 30.3 Å². The Morgan fingerprint density at radius 3 is 2.56 bits per heavy atom. The van der Waals surface area contributed by atoms with Crippen LogP contribution in [0.1, 0.15) is 37.7 Å². The van der Waals surface area contributed by atoms with Crippen LogP contribution in [0.3, 0.4) is 0 Å². The summed E-state index contributed by atoms with van der Waals surface area (Å²) in [5, 5.41) is 9.07. The normalized spacial score (nSPS) is 20.7. The zero-order chi connectivity index (χ0) is 19.8. The highest BCUT2D eigenvalue weighted by Gasteiger charge is 2.44. The van der Waals surface area contributed by atoms with Gasteiger partial charge in [-0.25, -0.2) is 0 Å². The molecule has 0 saturated carbocycles. The molecule has 27 heavy (non-hydrogen) atoms. The fourth-order valence-electron chi connectivity index (χ4n) is 3.67. The van der Waals surface area contributed by atoms with Crippen molar-refractivity contribution in [2.75, 3.05) is 13.1 Å². The lowest BCUT2D eigenvalue weighted by molar-refractivity contribution is -0.142. The lowest BCUT2D eigenvalue weighted by Gasteiger charge is -2.29. The highest BCUT2D eigenvalue weighted by molar-refractivity contribution is 5.89. The smallest absolute Gasteiger partial charge is 0.304 e. The number of rotatable bonds is 11. The fourth-order valence-corrected chi connectivity index (χ4v) is 3.67. The molecule has 1 aromatic rings. The summed E-state index contributed by atoms with van der Waals surface area (Å²) in [5.41, 5.74) is 12.8. The number of carbonyl (C=O) groups excluding carboxylic acids is 2. The Kier molecular flexibility index (Phi) is 7.94. The van der Waals surface area contributed by atoms with Gasteiger partial charge in [0.05, 0.1) is 24.4 Å². The van der Waals surface area contributed by atoms with Crippen molar-refractivity contribution in [3.05, 3.63) is 35.9 Å². The van der Waals surface area contributed by atoms with Gasteiger partial charge < -0.3 is 21.5 Å². The molecule has 1 aromatic carbocycles. The summed E-state index contributed by atoms with van der Waals surface area (Å²) in [6.07, 6.45) is 2.46. The molecule has 0 aliphatic carbocycles. The van der Waals surface area contributed by atoms with E-state index in [0.29, 0.717) is 25.9 Å². The molecule has 1 saturated heterocycles. The third kappa shape index (κ3) is 5.87. The number of hydrogen-bond acceptors (Lipinski definition) is 5. The topological polar surface area (TPSA) is 127 Å². The number of carboxylic acid groups (broad SMARTS) is 1. The summed E-state index contributed by atoms with van der Waals surface area (Å²) in [4.78, 5) is 37.7. The second kappa shape index (κ2) is 10.2. The van der Waals surface area contributed by atoms with Crippen LogP contribution in [-0.2, 0) is 20.8 Å². The lowest BCUT2D eigenvalue weighted by Crippen LogP contribution is -2.50. The van der Waals surface area contributed by atoms with Crippen molar-refractivity contribution in [2.24, 2.45) is 17.4 Å².